The Labute approximate surface area is 70.7 Å². The van der Waals surface area contributed by atoms with Gasteiger partial charge in [0, 0.05) is 8.22 Å². The van der Waals surface area contributed by atoms with E-state index in [1.54, 1.807) is 0 Å². The molecule has 0 N–H and O–H groups in total. The van der Waals surface area contributed by atoms with Gasteiger partial charge < -0.3 is 0 Å². The predicted octanol–water partition coefficient (Wildman–Crippen LogP) is 3.01. The van der Waals surface area contributed by atoms with Gasteiger partial charge in [-0.1, -0.05) is 47.6 Å². The molecule has 0 fully saturated rings. The van der Waals surface area contributed by atoms with Crippen LogP contribution in [0.25, 0.3) is 0 Å². The quantitative estimate of drug-likeness (QED) is 0.482. The van der Waals surface area contributed by atoms with Gasteiger partial charge in [0.05, 0.1) is 0 Å². The van der Waals surface area contributed by atoms with Crippen LogP contribution in [0.1, 0.15) is 21.9 Å². The summed E-state index contributed by atoms with van der Waals surface area (Å²) < 4.78 is 43.4. The highest BCUT2D eigenvalue weighted by Crippen LogP contribution is 2.03. The highest BCUT2D eigenvalue weighted by atomic mass is 13.9. The molecular formula is C10H12. The molecule has 0 heterocycles. The van der Waals surface area contributed by atoms with E-state index in [1.807, 2.05) is 0 Å². The van der Waals surface area contributed by atoms with E-state index in [4.69, 9.17) is 8.22 Å². The third-order valence-electron chi connectivity index (χ3n) is 1.11. The van der Waals surface area contributed by atoms with Crippen LogP contribution in [0.4, 0.5) is 0 Å². The van der Waals surface area contributed by atoms with Gasteiger partial charge in [0.1, 0.15) is 0 Å². The monoisotopic (exact) mass is 138 g/mol. The van der Waals surface area contributed by atoms with Crippen molar-refractivity contribution >= 4 is 0 Å². The molecule has 0 bridgehead atoms. The average molecular weight is 138 g/mol. The topological polar surface area (TPSA) is 0 Å². The normalized spacial score (nSPS) is 45.6. The van der Waals surface area contributed by atoms with Crippen molar-refractivity contribution in [3.63, 3.8) is 0 Å². The van der Waals surface area contributed by atoms with Crippen LogP contribution in [0, 0.1) is 0 Å². The van der Waals surface area contributed by atoms with Gasteiger partial charge in [-0.2, -0.15) is 0 Å². The molecule has 0 aliphatic heterocycles. The maximum atomic E-state index is 7.24. The van der Waals surface area contributed by atoms with Crippen molar-refractivity contribution in [2.24, 2.45) is 0 Å². The van der Waals surface area contributed by atoms with Crippen LogP contribution >= 0.6 is 0 Å². The predicted molar refractivity (Wildman–Crippen MR) is 45.8 cm³/mol. The maximum absolute atomic E-state index is 7.24. The minimum atomic E-state index is -2.22. The summed E-state index contributed by atoms with van der Waals surface area (Å²) in [5, 5.41) is 0. The Bertz CT molecular complexity index is 337. The SMILES string of the molecule is [2H]C([2H])([2H])C1=C/C=C(C([2H])([2H])[2H])\C=C/C=C\1. The molecule has 0 spiro atoms. The zero-order chi connectivity index (χ0) is 12.4. The number of hydrogen-bond acceptors (Lipinski definition) is 0. The summed E-state index contributed by atoms with van der Waals surface area (Å²) in [5.74, 6) is 0. The molecule has 0 aromatic rings. The molecule has 0 amide bonds. The minimum absolute atomic E-state index is 0.124. The molecule has 0 nitrogen and oxygen atoms in total. The Kier molecular flexibility index (Phi) is 0.814. The molecule has 0 aromatic heterocycles. The molecule has 1 aliphatic carbocycles. The summed E-state index contributed by atoms with van der Waals surface area (Å²) in [6.45, 7) is -4.45. The van der Waals surface area contributed by atoms with E-state index in [-0.39, 0.29) is 11.1 Å². The lowest BCUT2D eigenvalue weighted by Gasteiger charge is -1.93. The molecule has 0 heteroatoms. The van der Waals surface area contributed by atoms with Crippen LogP contribution in [0.15, 0.2) is 47.6 Å². The van der Waals surface area contributed by atoms with Crippen molar-refractivity contribution in [3.05, 3.63) is 47.6 Å². The lowest BCUT2D eigenvalue weighted by Crippen LogP contribution is -1.72. The smallest absolute Gasteiger partial charge is 0.0280 e. The van der Waals surface area contributed by atoms with Gasteiger partial charge in [0.15, 0.2) is 0 Å². The second-order valence-electron chi connectivity index (χ2n) is 1.96. The first kappa shape index (κ1) is 2.54. The van der Waals surface area contributed by atoms with Crippen LogP contribution < -0.4 is 0 Å². The Balaban J connectivity index is 3.11. The summed E-state index contributed by atoms with van der Waals surface area (Å²) >= 11 is 0. The zero-order valence-corrected chi connectivity index (χ0v) is 5.46. The third-order valence-corrected chi connectivity index (χ3v) is 1.11. The molecule has 0 unspecified atom stereocenters. The number of allylic oxidation sites excluding steroid dienone is 8. The van der Waals surface area contributed by atoms with Gasteiger partial charge in [0.2, 0.25) is 0 Å². The summed E-state index contributed by atoms with van der Waals surface area (Å²) in [4.78, 5) is 0. The van der Waals surface area contributed by atoms with E-state index in [0.717, 1.165) is 0 Å². The molecule has 0 saturated carbocycles. The van der Waals surface area contributed by atoms with Crippen LogP contribution in [0.2, 0.25) is 0 Å². The van der Waals surface area contributed by atoms with Crippen LogP contribution in [0.5, 0.6) is 0 Å². The van der Waals surface area contributed by atoms with Gasteiger partial charge in [-0.3, -0.25) is 0 Å². The Morgan fingerprint density at radius 1 is 1.00 bits per heavy atom. The molecule has 52 valence electrons. The summed E-state index contributed by atoms with van der Waals surface area (Å²) in [5.41, 5.74) is 0.247. The molecule has 1 rings (SSSR count). The first-order valence-corrected chi connectivity index (χ1v) is 2.99. The Morgan fingerprint density at radius 3 is 1.90 bits per heavy atom. The fourth-order valence-corrected chi connectivity index (χ4v) is 0.609. The van der Waals surface area contributed by atoms with Crippen LogP contribution in [-0.4, -0.2) is 0 Å². The summed E-state index contributed by atoms with van der Waals surface area (Å²) in [6.07, 6.45) is 8.61. The van der Waals surface area contributed by atoms with Crippen LogP contribution in [-0.2, 0) is 0 Å². The fourth-order valence-electron chi connectivity index (χ4n) is 0.609. The van der Waals surface area contributed by atoms with E-state index in [2.05, 4.69) is 0 Å². The standard InChI is InChI=1S/C10H12/c1-9-5-3-4-6-10(2)8-7-9/h3-8H,1-2H3/b4-3?,5-3-,6-4-,8-7?,9-5?,9-7-,10-6?,10-8-/i1D3,2D3. The molecule has 0 atom stereocenters. The van der Waals surface area contributed by atoms with E-state index >= 15 is 0 Å². The molecule has 10 heavy (non-hydrogen) atoms. The Morgan fingerprint density at radius 2 is 1.50 bits per heavy atom. The fraction of sp³-hybridized carbons (Fsp3) is 0.200. The van der Waals surface area contributed by atoms with E-state index in [0.29, 0.717) is 0 Å². The molecular weight excluding hydrogens is 120 g/mol. The number of hydrogen-bond donors (Lipinski definition) is 0. The minimum Gasteiger partial charge on any atom is -0.0620 e. The lowest BCUT2D eigenvalue weighted by atomic mass is 10.1. The van der Waals surface area contributed by atoms with Crippen molar-refractivity contribution in [1.29, 1.82) is 0 Å². The van der Waals surface area contributed by atoms with E-state index in [9.17, 15) is 0 Å². The average Bonchev–Trinajstić information content (AvgIpc) is 1.96. The summed E-state index contributed by atoms with van der Waals surface area (Å²) in [7, 11) is 0. The first-order valence-electron chi connectivity index (χ1n) is 5.99. The highest BCUT2D eigenvalue weighted by molar-refractivity contribution is 5.33. The van der Waals surface area contributed by atoms with Gasteiger partial charge >= 0.3 is 0 Å². The van der Waals surface area contributed by atoms with Gasteiger partial charge in [-0.05, 0) is 13.7 Å². The second-order valence-corrected chi connectivity index (χ2v) is 1.96. The molecule has 0 radical (unpaired) electrons. The maximum Gasteiger partial charge on any atom is 0.0280 e. The third kappa shape index (κ3) is 2.06. The largest absolute Gasteiger partial charge is 0.0620 e. The van der Waals surface area contributed by atoms with Crippen molar-refractivity contribution in [2.75, 3.05) is 0 Å². The van der Waals surface area contributed by atoms with Crippen molar-refractivity contribution in [1.82, 2.24) is 0 Å². The van der Waals surface area contributed by atoms with Crippen molar-refractivity contribution in [3.8, 4) is 0 Å². The zero-order valence-electron chi connectivity index (χ0n) is 11.5. The van der Waals surface area contributed by atoms with E-state index in [1.165, 1.54) is 36.5 Å². The van der Waals surface area contributed by atoms with Gasteiger partial charge in [-0.15, -0.1) is 0 Å². The molecule has 0 aromatic carbocycles. The molecule has 1 aliphatic rings. The Hall–Kier alpha value is -1.04. The second kappa shape index (κ2) is 3.21. The van der Waals surface area contributed by atoms with Crippen LogP contribution in [0.3, 0.4) is 0 Å². The highest BCUT2D eigenvalue weighted by Gasteiger charge is 1.83. The lowest BCUT2D eigenvalue weighted by molar-refractivity contribution is 1.46. The first-order chi connectivity index (χ1) is 7.21. The van der Waals surface area contributed by atoms with Gasteiger partial charge in [-0.25, -0.2) is 0 Å². The van der Waals surface area contributed by atoms with Gasteiger partial charge in [0.25, 0.3) is 0 Å². The van der Waals surface area contributed by atoms with Crippen molar-refractivity contribution in [2.45, 2.75) is 13.7 Å². The number of rotatable bonds is 0. The summed E-state index contributed by atoms with van der Waals surface area (Å²) in [6, 6.07) is 0. The van der Waals surface area contributed by atoms with E-state index < -0.39 is 13.7 Å². The van der Waals surface area contributed by atoms with Crippen molar-refractivity contribution < 1.29 is 8.22 Å². The molecule has 0 saturated heterocycles.